The fourth-order valence-electron chi connectivity index (χ4n) is 4.54. The van der Waals surface area contributed by atoms with Crippen LogP contribution in [0.15, 0.2) is 34.7 Å². The van der Waals surface area contributed by atoms with Gasteiger partial charge in [-0.15, -0.1) is 0 Å². The van der Waals surface area contributed by atoms with Gasteiger partial charge in [-0.05, 0) is 45.1 Å². The monoisotopic (exact) mass is 581 g/mol. The van der Waals surface area contributed by atoms with Gasteiger partial charge in [0.2, 0.25) is 29.5 Å². The van der Waals surface area contributed by atoms with E-state index in [1.54, 1.807) is 12.1 Å². The second-order valence-corrected chi connectivity index (χ2v) is 16.4. The Bertz CT molecular complexity index is 1390. The van der Waals surface area contributed by atoms with Gasteiger partial charge in [0.05, 0.1) is 28.7 Å². The van der Waals surface area contributed by atoms with Gasteiger partial charge >= 0.3 is 0 Å². The first-order chi connectivity index (χ1) is 19.4. The number of nitrogens with one attached hydrogen (secondary N) is 1. The third-order valence-corrected chi connectivity index (χ3v) is 9.13. The minimum atomic E-state index is -1.51. The molecule has 220 valence electrons. The van der Waals surface area contributed by atoms with Gasteiger partial charge in [0.25, 0.3) is 5.95 Å². The average molecular weight is 582 g/mol. The number of rotatable bonds is 10. The first-order valence-corrected chi connectivity index (χ1v) is 17.0. The molecule has 1 unspecified atom stereocenters. The fourth-order valence-corrected chi connectivity index (χ4v) is 5.68. The van der Waals surface area contributed by atoms with Crippen LogP contribution in [0.1, 0.15) is 24.2 Å². The van der Waals surface area contributed by atoms with Crippen molar-refractivity contribution in [2.75, 3.05) is 45.1 Å². The summed E-state index contributed by atoms with van der Waals surface area (Å²) >= 11 is 0. The van der Waals surface area contributed by atoms with Gasteiger partial charge in [0.15, 0.2) is 5.69 Å². The van der Waals surface area contributed by atoms with Gasteiger partial charge in [-0.3, -0.25) is 14.5 Å². The molecule has 1 atom stereocenters. The molecule has 0 bridgehead atoms. The lowest BCUT2D eigenvalue weighted by Crippen LogP contribution is -2.46. The van der Waals surface area contributed by atoms with Crippen molar-refractivity contribution in [2.45, 2.75) is 51.9 Å². The van der Waals surface area contributed by atoms with Gasteiger partial charge in [-0.2, -0.15) is 9.97 Å². The zero-order chi connectivity index (χ0) is 29.9. The van der Waals surface area contributed by atoms with Crippen molar-refractivity contribution in [3.63, 3.8) is 0 Å². The molecule has 4 rings (SSSR count). The van der Waals surface area contributed by atoms with Crippen LogP contribution in [0.2, 0.25) is 19.6 Å². The molecule has 1 fully saturated rings. The van der Waals surface area contributed by atoms with E-state index in [9.17, 15) is 9.59 Å². The maximum atomic E-state index is 13.0. The predicted octanol–water partition coefficient (Wildman–Crippen LogP) is 3.97. The Balaban J connectivity index is 1.46. The summed E-state index contributed by atoms with van der Waals surface area (Å²) in [7, 11) is 5.25. The van der Waals surface area contributed by atoms with Gasteiger partial charge in [0.1, 0.15) is 11.5 Å². The number of hydrogen-bond acceptors (Lipinski definition) is 9. The number of hydrogen-bond donors (Lipinski definition) is 1. The number of methoxy groups -OCH3 is 2. The summed E-state index contributed by atoms with van der Waals surface area (Å²) in [6, 6.07) is 9.82. The minimum Gasteiger partial charge on any atom is -0.479 e. The lowest BCUT2D eigenvalue weighted by molar-refractivity contribution is -0.121. The van der Waals surface area contributed by atoms with E-state index < -0.39 is 14.0 Å². The topological polar surface area (TPSA) is 119 Å². The number of aryl methyl sites for hydroxylation is 1. The van der Waals surface area contributed by atoms with E-state index in [0.717, 1.165) is 17.7 Å². The molecule has 0 spiro atoms. The third kappa shape index (κ3) is 7.06. The summed E-state index contributed by atoms with van der Waals surface area (Å²) in [4.78, 5) is 38.2. The van der Waals surface area contributed by atoms with Crippen molar-refractivity contribution in [2.24, 2.45) is 0 Å². The summed E-state index contributed by atoms with van der Waals surface area (Å²) in [5, 5.41) is 4.05. The number of anilines is 2. The highest BCUT2D eigenvalue weighted by Crippen LogP contribution is 2.35. The van der Waals surface area contributed by atoms with E-state index in [1.165, 1.54) is 24.3 Å². The standard InChI is InChI=1S/C29H39N5O6Si/c1-18-9-11-21(41(6,7)8)17-22(18)40-25-12-10-20(39-25)16-23(35)30-26-27(37-4)31-29(32-28(26)38-5)34-14-13-19(33(2)3)15-24(34)36/h9-12,17,19H,13-16H2,1-8H3,(H,30,35). The summed E-state index contributed by atoms with van der Waals surface area (Å²) in [6.07, 6.45) is 1.07. The second kappa shape index (κ2) is 12.3. The van der Waals surface area contributed by atoms with Crippen molar-refractivity contribution >= 4 is 36.7 Å². The fraction of sp³-hybridized carbons (Fsp3) is 0.448. The molecule has 1 aromatic carbocycles. The summed E-state index contributed by atoms with van der Waals surface area (Å²) in [5.74, 6) is 1.31. The van der Waals surface area contributed by atoms with Crippen LogP contribution < -0.4 is 29.6 Å². The lowest BCUT2D eigenvalue weighted by Gasteiger charge is -2.33. The number of piperidine rings is 1. The highest BCUT2D eigenvalue weighted by Gasteiger charge is 2.31. The second-order valence-electron chi connectivity index (χ2n) is 11.4. The Labute approximate surface area is 241 Å². The van der Waals surface area contributed by atoms with E-state index >= 15 is 0 Å². The van der Waals surface area contributed by atoms with Crippen LogP contribution in [0.5, 0.6) is 23.5 Å². The van der Waals surface area contributed by atoms with Crippen LogP contribution in [0.25, 0.3) is 0 Å². The van der Waals surface area contributed by atoms with Crippen molar-refractivity contribution < 1.29 is 28.2 Å². The largest absolute Gasteiger partial charge is 0.479 e. The van der Waals surface area contributed by atoms with E-state index in [2.05, 4.69) is 53.1 Å². The zero-order valence-corrected chi connectivity index (χ0v) is 26.0. The number of amides is 2. The van der Waals surface area contributed by atoms with Gasteiger partial charge < -0.3 is 28.8 Å². The predicted molar refractivity (Wildman–Crippen MR) is 159 cm³/mol. The van der Waals surface area contributed by atoms with Crippen molar-refractivity contribution in [1.82, 2.24) is 14.9 Å². The molecular weight excluding hydrogens is 542 g/mol. The highest BCUT2D eigenvalue weighted by molar-refractivity contribution is 6.88. The van der Waals surface area contributed by atoms with Gasteiger partial charge in [-0.1, -0.05) is 37.0 Å². The normalized spacial score (nSPS) is 15.7. The van der Waals surface area contributed by atoms with E-state index in [-0.39, 0.29) is 41.8 Å². The molecule has 0 aliphatic carbocycles. The molecule has 0 saturated carbocycles. The van der Waals surface area contributed by atoms with Crippen molar-refractivity contribution in [1.29, 1.82) is 0 Å². The number of carbonyl (C=O) groups is 2. The summed E-state index contributed by atoms with van der Waals surface area (Å²) in [5.41, 5.74) is 1.16. The van der Waals surface area contributed by atoms with Gasteiger partial charge in [0, 0.05) is 25.1 Å². The summed E-state index contributed by atoms with van der Waals surface area (Å²) < 4.78 is 22.7. The Morgan fingerprint density at radius 3 is 2.39 bits per heavy atom. The summed E-state index contributed by atoms with van der Waals surface area (Å²) in [6.45, 7) is 9.28. The van der Waals surface area contributed by atoms with E-state index in [4.69, 9.17) is 18.6 Å². The van der Waals surface area contributed by atoms with Crippen molar-refractivity contribution in [3.05, 3.63) is 41.7 Å². The van der Waals surface area contributed by atoms with Crippen LogP contribution in [-0.4, -0.2) is 75.7 Å². The molecule has 3 heterocycles. The molecule has 11 nitrogen and oxygen atoms in total. The molecular formula is C29H39N5O6Si. The quantitative estimate of drug-likeness (QED) is 0.355. The van der Waals surface area contributed by atoms with Crippen LogP contribution in [0.4, 0.5) is 11.6 Å². The molecule has 1 aliphatic rings. The first-order valence-electron chi connectivity index (χ1n) is 13.5. The highest BCUT2D eigenvalue weighted by atomic mass is 28.3. The zero-order valence-electron chi connectivity index (χ0n) is 25.0. The molecule has 2 amide bonds. The van der Waals surface area contributed by atoms with E-state index in [0.29, 0.717) is 24.7 Å². The van der Waals surface area contributed by atoms with Crippen LogP contribution >= 0.6 is 0 Å². The maximum Gasteiger partial charge on any atom is 0.290 e. The first kappa shape index (κ1) is 30.1. The lowest BCUT2D eigenvalue weighted by atomic mass is 10.0. The van der Waals surface area contributed by atoms with Crippen molar-refractivity contribution in [3.8, 4) is 23.5 Å². The Morgan fingerprint density at radius 1 is 1.12 bits per heavy atom. The number of nitrogens with zero attached hydrogens (tertiary/aromatic N) is 4. The van der Waals surface area contributed by atoms with Crippen LogP contribution in [0.3, 0.4) is 0 Å². The number of ether oxygens (including phenoxy) is 3. The number of benzene rings is 1. The Kier molecular flexibility index (Phi) is 9.03. The number of furan rings is 1. The maximum absolute atomic E-state index is 13.0. The third-order valence-electron chi connectivity index (χ3n) is 7.09. The molecule has 41 heavy (non-hydrogen) atoms. The number of carbonyl (C=O) groups excluding carboxylic acids is 2. The molecule has 3 aromatic rings. The smallest absolute Gasteiger partial charge is 0.290 e. The van der Waals surface area contributed by atoms with E-state index in [1.807, 2.05) is 25.9 Å². The molecule has 1 N–H and O–H groups in total. The average Bonchev–Trinajstić information content (AvgIpc) is 3.35. The van der Waals surface area contributed by atoms with Crippen LogP contribution in [0, 0.1) is 6.92 Å². The molecule has 12 heteroatoms. The van der Waals surface area contributed by atoms with Crippen LogP contribution in [-0.2, 0) is 16.0 Å². The minimum absolute atomic E-state index is 0.0676. The Hall–Kier alpha value is -3.90. The molecule has 0 radical (unpaired) electrons. The number of aromatic nitrogens is 2. The molecule has 1 saturated heterocycles. The Morgan fingerprint density at radius 2 is 1.80 bits per heavy atom. The molecule has 1 aliphatic heterocycles. The SMILES string of the molecule is COc1nc(N2CCC(N(C)C)CC2=O)nc(OC)c1NC(=O)Cc1ccc(Oc2cc([Si](C)(C)C)ccc2C)o1. The molecule has 2 aromatic heterocycles. The van der Waals surface area contributed by atoms with Gasteiger partial charge in [-0.25, -0.2) is 0 Å².